The largest absolute Gasteiger partial charge is 0.377 e. The normalized spacial score (nSPS) is 12.1. The van der Waals surface area contributed by atoms with Crippen molar-refractivity contribution in [3.8, 4) is 6.07 Å². The lowest BCUT2D eigenvalue weighted by Gasteiger charge is -2.23. The first kappa shape index (κ1) is 16.6. The fraction of sp³-hybridized carbons (Fsp3) is 0.500. The van der Waals surface area contributed by atoms with Crippen LogP contribution in [0.2, 0.25) is 0 Å². The van der Waals surface area contributed by atoms with E-state index < -0.39 is 9.84 Å². The molecule has 20 heavy (non-hydrogen) atoms. The summed E-state index contributed by atoms with van der Waals surface area (Å²) in [6.07, 6.45) is 0. The van der Waals surface area contributed by atoms with Crippen molar-refractivity contribution in [2.24, 2.45) is 0 Å². The maximum absolute atomic E-state index is 12.1. The maximum atomic E-state index is 12.1. The van der Waals surface area contributed by atoms with Crippen LogP contribution in [0.5, 0.6) is 0 Å². The molecular formula is C14H20N2O3S. The highest BCUT2D eigenvalue weighted by Crippen LogP contribution is 2.12. The average Bonchev–Trinajstić information content (AvgIpc) is 2.44. The molecule has 1 N–H and O–H groups in total. The van der Waals surface area contributed by atoms with Crippen molar-refractivity contribution >= 4 is 9.84 Å². The predicted molar refractivity (Wildman–Crippen MR) is 77.2 cm³/mol. The Bertz CT molecular complexity index is 589. The first-order valence-electron chi connectivity index (χ1n) is 6.29. The summed E-state index contributed by atoms with van der Waals surface area (Å²) in [7, 11) is -1.75. The van der Waals surface area contributed by atoms with E-state index in [2.05, 4.69) is 5.32 Å². The van der Waals surface area contributed by atoms with Crippen LogP contribution in [-0.4, -0.2) is 40.0 Å². The van der Waals surface area contributed by atoms with E-state index >= 15 is 0 Å². The lowest BCUT2D eigenvalue weighted by molar-refractivity contribution is 0.0238. The lowest BCUT2D eigenvalue weighted by Crippen LogP contribution is -2.38. The molecule has 0 radical (unpaired) electrons. The smallest absolute Gasteiger partial charge is 0.179 e. The van der Waals surface area contributed by atoms with Gasteiger partial charge in [-0.15, -0.1) is 0 Å². The number of methoxy groups -OCH3 is 1. The number of hydrogen-bond donors (Lipinski definition) is 1. The third-order valence-electron chi connectivity index (χ3n) is 2.97. The van der Waals surface area contributed by atoms with Gasteiger partial charge in [0.15, 0.2) is 9.84 Å². The fourth-order valence-corrected chi connectivity index (χ4v) is 2.79. The Morgan fingerprint density at radius 3 is 2.70 bits per heavy atom. The third kappa shape index (κ3) is 4.93. The minimum absolute atomic E-state index is 0.0122. The van der Waals surface area contributed by atoms with Crippen molar-refractivity contribution in [3.05, 3.63) is 29.8 Å². The molecule has 0 aliphatic heterocycles. The third-order valence-corrected chi connectivity index (χ3v) is 4.69. The maximum Gasteiger partial charge on any atom is 0.179 e. The number of nitrogens with one attached hydrogen (secondary N) is 1. The van der Waals surface area contributed by atoms with Crippen molar-refractivity contribution in [2.75, 3.05) is 26.0 Å². The van der Waals surface area contributed by atoms with Gasteiger partial charge in [-0.1, -0.05) is 6.07 Å². The second-order valence-corrected chi connectivity index (χ2v) is 7.21. The van der Waals surface area contributed by atoms with Gasteiger partial charge in [0.1, 0.15) is 0 Å². The molecule has 0 fully saturated rings. The number of nitrogens with zero attached hydrogens (tertiary/aromatic N) is 1. The molecule has 6 heteroatoms. The van der Waals surface area contributed by atoms with Gasteiger partial charge in [0, 0.05) is 20.2 Å². The van der Waals surface area contributed by atoms with E-state index in [0.29, 0.717) is 18.7 Å². The standard InChI is InChI=1S/C14H20N2O3S/c1-14(2,19-3)11-16-7-8-20(17,18)13-6-4-5-12(9-13)10-15/h4-6,9,16H,7-8,11H2,1-3H3. The molecule has 0 heterocycles. The monoisotopic (exact) mass is 296 g/mol. The van der Waals surface area contributed by atoms with Gasteiger partial charge in [-0.2, -0.15) is 5.26 Å². The minimum atomic E-state index is -3.37. The summed E-state index contributed by atoms with van der Waals surface area (Å²) in [5.74, 6) is -0.0122. The van der Waals surface area contributed by atoms with Gasteiger partial charge in [-0.05, 0) is 32.0 Å². The van der Waals surface area contributed by atoms with Crippen molar-refractivity contribution < 1.29 is 13.2 Å². The van der Waals surface area contributed by atoms with Crippen molar-refractivity contribution in [1.29, 1.82) is 5.26 Å². The molecule has 110 valence electrons. The summed E-state index contributed by atoms with van der Waals surface area (Å²) in [4.78, 5) is 0.185. The van der Waals surface area contributed by atoms with Gasteiger partial charge in [0.2, 0.25) is 0 Å². The molecule has 1 aromatic rings. The molecule has 0 aromatic heterocycles. The predicted octanol–water partition coefficient (Wildman–Crippen LogP) is 1.35. The zero-order chi connectivity index (χ0) is 15.2. The Morgan fingerprint density at radius 1 is 1.40 bits per heavy atom. The first-order chi connectivity index (χ1) is 9.30. The van der Waals surface area contributed by atoms with Crippen molar-refractivity contribution in [1.82, 2.24) is 5.32 Å². The second kappa shape index (κ2) is 6.84. The Balaban J connectivity index is 2.60. The van der Waals surface area contributed by atoms with Gasteiger partial charge >= 0.3 is 0 Å². The Kier molecular flexibility index (Phi) is 5.69. The van der Waals surface area contributed by atoms with Crippen molar-refractivity contribution in [3.63, 3.8) is 0 Å². The Morgan fingerprint density at radius 2 is 2.10 bits per heavy atom. The van der Waals surface area contributed by atoms with E-state index in [1.165, 1.54) is 12.1 Å². The number of ether oxygens (including phenoxy) is 1. The fourth-order valence-electron chi connectivity index (χ4n) is 1.55. The Labute approximate surface area is 120 Å². The number of nitriles is 1. The van der Waals surface area contributed by atoms with Crippen LogP contribution in [-0.2, 0) is 14.6 Å². The molecule has 0 saturated heterocycles. The molecule has 0 aliphatic carbocycles. The summed E-state index contributed by atoms with van der Waals surface area (Å²) >= 11 is 0. The van der Waals surface area contributed by atoms with E-state index in [1.54, 1.807) is 19.2 Å². The zero-order valence-electron chi connectivity index (χ0n) is 12.0. The number of sulfone groups is 1. The number of benzene rings is 1. The lowest BCUT2D eigenvalue weighted by atomic mass is 10.1. The molecule has 0 bridgehead atoms. The summed E-state index contributed by atoms with van der Waals surface area (Å²) in [5, 5.41) is 11.8. The molecule has 0 spiro atoms. The molecule has 1 rings (SSSR count). The topological polar surface area (TPSA) is 79.2 Å². The van der Waals surface area contributed by atoms with E-state index in [4.69, 9.17) is 10.00 Å². The SMILES string of the molecule is COC(C)(C)CNCCS(=O)(=O)c1cccc(C#N)c1. The molecule has 0 unspecified atom stereocenters. The Hall–Kier alpha value is -1.42. The van der Waals surface area contributed by atoms with Crippen molar-refractivity contribution in [2.45, 2.75) is 24.3 Å². The van der Waals surface area contributed by atoms with Gasteiger partial charge in [0.05, 0.1) is 27.9 Å². The van der Waals surface area contributed by atoms with Crippen LogP contribution in [0.25, 0.3) is 0 Å². The van der Waals surface area contributed by atoms with Gasteiger partial charge in [-0.25, -0.2) is 8.42 Å². The summed E-state index contributed by atoms with van der Waals surface area (Å²) in [6, 6.07) is 8.00. The number of rotatable bonds is 7. The van der Waals surface area contributed by atoms with Crippen LogP contribution in [0.4, 0.5) is 0 Å². The minimum Gasteiger partial charge on any atom is -0.377 e. The molecule has 5 nitrogen and oxygen atoms in total. The van der Waals surface area contributed by atoms with Gasteiger partial charge in [0.25, 0.3) is 0 Å². The van der Waals surface area contributed by atoms with Crippen LogP contribution >= 0.6 is 0 Å². The summed E-state index contributed by atoms with van der Waals surface area (Å²) in [5.41, 5.74) is 0.0179. The van der Waals surface area contributed by atoms with Crippen LogP contribution in [0.3, 0.4) is 0 Å². The van der Waals surface area contributed by atoms with Crippen LogP contribution < -0.4 is 5.32 Å². The van der Waals surface area contributed by atoms with E-state index in [1.807, 2.05) is 19.9 Å². The highest BCUT2D eigenvalue weighted by molar-refractivity contribution is 7.91. The molecule has 0 atom stereocenters. The molecule has 0 amide bonds. The molecular weight excluding hydrogens is 276 g/mol. The molecule has 1 aromatic carbocycles. The van der Waals surface area contributed by atoms with Gasteiger partial charge in [-0.3, -0.25) is 0 Å². The highest BCUT2D eigenvalue weighted by Gasteiger charge is 2.17. The molecule has 0 saturated carbocycles. The van der Waals surface area contributed by atoms with E-state index in [9.17, 15) is 8.42 Å². The van der Waals surface area contributed by atoms with Gasteiger partial charge < -0.3 is 10.1 Å². The highest BCUT2D eigenvalue weighted by atomic mass is 32.2. The zero-order valence-corrected chi connectivity index (χ0v) is 12.8. The first-order valence-corrected chi connectivity index (χ1v) is 7.95. The second-order valence-electron chi connectivity index (χ2n) is 5.10. The quantitative estimate of drug-likeness (QED) is 0.768. The average molecular weight is 296 g/mol. The van der Waals surface area contributed by atoms with Crippen LogP contribution in [0, 0.1) is 11.3 Å². The van der Waals surface area contributed by atoms with E-state index in [-0.39, 0.29) is 16.2 Å². The summed E-state index contributed by atoms with van der Waals surface area (Å²) < 4.78 is 29.5. The summed E-state index contributed by atoms with van der Waals surface area (Å²) in [6.45, 7) is 4.75. The van der Waals surface area contributed by atoms with Crippen LogP contribution in [0.1, 0.15) is 19.4 Å². The number of hydrogen-bond acceptors (Lipinski definition) is 5. The van der Waals surface area contributed by atoms with E-state index in [0.717, 1.165) is 0 Å². The van der Waals surface area contributed by atoms with Crippen LogP contribution in [0.15, 0.2) is 29.2 Å². The molecule has 0 aliphatic rings.